The molecule has 2 nitrogen and oxygen atoms in total. The molecule has 1 heterocycles. The smallest absolute Gasteiger partial charge is 0.172 e. The topological polar surface area (TPSA) is 18.5 Å². The van der Waals surface area contributed by atoms with E-state index in [1.807, 2.05) is 0 Å². The Labute approximate surface area is 86.4 Å². The van der Waals surface area contributed by atoms with Crippen molar-refractivity contribution in [2.75, 3.05) is 13.2 Å². The first kappa shape index (κ1) is 8.97. The molecule has 0 aromatic rings. The molecule has 0 aromatic heterocycles. The minimum atomic E-state index is -0.243. The second kappa shape index (κ2) is 3.64. The van der Waals surface area contributed by atoms with Crippen LogP contribution >= 0.6 is 22.6 Å². The molecule has 1 aliphatic heterocycles. The summed E-state index contributed by atoms with van der Waals surface area (Å²) < 4.78 is 12.8. The van der Waals surface area contributed by atoms with E-state index in [2.05, 4.69) is 28.7 Å². The van der Waals surface area contributed by atoms with Crippen molar-refractivity contribution in [1.29, 1.82) is 0 Å². The zero-order valence-corrected chi connectivity index (χ0v) is 9.17. The monoisotopic (exact) mass is 280 g/mol. The third kappa shape index (κ3) is 1.83. The van der Waals surface area contributed by atoms with Gasteiger partial charge in [-0.25, -0.2) is 0 Å². The summed E-state index contributed by atoms with van der Waals surface area (Å²) >= 11 is 2.39. The van der Waals surface area contributed by atoms with E-state index in [0.29, 0.717) is 0 Å². The van der Waals surface area contributed by atoms with E-state index in [1.54, 1.807) is 0 Å². The summed E-state index contributed by atoms with van der Waals surface area (Å²) in [5.41, 5.74) is 0. The lowest BCUT2D eigenvalue weighted by Gasteiger charge is -2.38. The highest BCUT2D eigenvalue weighted by molar-refractivity contribution is 14.1. The average molecular weight is 280 g/mol. The van der Waals surface area contributed by atoms with Gasteiger partial charge in [0.25, 0.3) is 0 Å². The van der Waals surface area contributed by atoms with Crippen LogP contribution in [0.2, 0.25) is 0 Å². The van der Waals surface area contributed by atoms with Crippen molar-refractivity contribution in [1.82, 2.24) is 0 Å². The molecule has 1 aliphatic carbocycles. The van der Waals surface area contributed by atoms with E-state index < -0.39 is 0 Å². The third-order valence-electron chi connectivity index (χ3n) is 2.40. The van der Waals surface area contributed by atoms with E-state index in [9.17, 15) is 0 Å². The fraction of sp³-hybridized carbons (Fsp3) is 0.778. The molecular weight excluding hydrogens is 267 g/mol. The van der Waals surface area contributed by atoms with Crippen molar-refractivity contribution < 1.29 is 9.47 Å². The summed E-state index contributed by atoms with van der Waals surface area (Å²) in [6.45, 7) is 1.73. The molecule has 1 spiro atoms. The van der Waals surface area contributed by atoms with Gasteiger partial charge in [-0.1, -0.05) is 6.08 Å². The molecule has 12 heavy (non-hydrogen) atoms. The third-order valence-corrected chi connectivity index (χ3v) is 3.38. The molecule has 1 saturated heterocycles. The largest absolute Gasteiger partial charge is 0.349 e. The van der Waals surface area contributed by atoms with E-state index in [-0.39, 0.29) is 5.79 Å². The molecule has 2 rings (SSSR count). The Morgan fingerprint density at radius 3 is 2.67 bits per heavy atom. The van der Waals surface area contributed by atoms with Gasteiger partial charge in [0, 0.05) is 12.8 Å². The van der Waals surface area contributed by atoms with Gasteiger partial charge < -0.3 is 9.47 Å². The molecule has 0 bridgehead atoms. The van der Waals surface area contributed by atoms with Gasteiger partial charge in [0.1, 0.15) is 0 Å². The van der Waals surface area contributed by atoms with Gasteiger partial charge in [-0.15, -0.1) is 0 Å². The van der Waals surface area contributed by atoms with Crippen molar-refractivity contribution >= 4 is 22.6 Å². The Bertz CT molecular complexity index is 195. The Morgan fingerprint density at radius 1 is 1.33 bits per heavy atom. The van der Waals surface area contributed by atoms with Gasteiger partial charge in [-0.3, -0.25) is 0 Å². The maximum Gasteiger partial charge on any atom is 0.172 e. The summed E-state index contributed by atoms with van der Waals surface area (Å²) in [4.78, 5) is 0. The quantitative estimate of drug-likeness (QED) is 0.635. The van der Waals surface area contributed by atoms with E-state index in [0.717, 1.165) is 38.9 Å². The molecule has 1 fully saturated rings. The minimum absolute atomic E-state index is 0.243. The highest BCUT2D eigenvalue weighted by atomic mass is 127. The Morgan fingerprint density at radius 2 is 2.08 bits per heavy atom. The zero-order valence-electron chi connectivity index (χ0n) is 7.01. The van der Waals surface area contributed by atoms with Crippen LogP contribution in [0.5, 0.6) is 0 Å². The van der Waals surface area contributed by atoms with Crippen LogP contribution < -0.4 is 0 Å². The molecule has 0 radical (unpaired) electrons. The first-order valence-electron chi connectivity index (χ1n) is 4.43. The van der Waals surface area contributed by atoms with Crippen LogP contribution in [0.25, 0.3) is 0 Å². The maximum absolute atomic E-state index is 5.68. The fourth-order valence-corrected chi connectivity index (χ4v) is 2.15. The molecule has 0 atom stereocenters. The van der Waals surface area contributed by atoms with Crippen LogP contribution in [0.4, 0.5) is 0 Å². The minimum Gasteiger partial charge on any atom is -0.349 e. The van der Waals surface area contributed by atoms with E-state index >= 15 is 0 Å². The first-order chi connectivity index (χ1) is 5.81. The molecule has 0 aromatic carbocycles. The van der Waals surface area contributed by atoms with Gasteiger partial charge in [0.05, 0.1) is 13.2 Å². The number of ether oxygens (including phenoxy) is 2. The summed E-state index contributed by atoms with van der Waals surface area (Å²) in [6, 6.07) is 0. The van der Waals surface area contributed by atoms with Crippen LogP contribution in [0.3, 0.4) is 0 Å². The molecule has 2 aliphatic rings. The second-order valence-corrected chi connectivity index (χ2v) is 4.70. The van der Waals surface area contributed by atoms with Crippen molar-refractivity contribution in [2.24, 2.45) is 0 Å². The summed E-state index contributed by atoms with van der Waals surface area (Å²) in [7, 11) is 0. The molecule has 0 saturated carbocycles. The molecule has 0 unspecified atom stereocenters. The SMILES string of the molecule is IC1=CCC2(CC1)OCCCO2. The Hall–Kier alpha value is 0.390. The number of rotatable bonds is 0. The first-order valence-corrected chi connectivity index (χ1v) is 5.51. The van der Waals surface area contributed by atoms with Crippen LogP contribution in [-0.2, 0) is 9.47 Å². The Balaban J connectivity index is 2.02. The highest BCUT2D eigenvalue weighted by Gasteiger charge is 2.35. The van der Waals surface area contributed by atoms with Gasteiger partial charge in [0.2, 0.25) is 0 Å². The fourth-order valence-electron chi connectivity index (χ4n) is 1.66. The van der Waals surface area contributed by atoms with Crippen molar-refractivity contribution in [3.63, 3.8) is 0 Å². The molecule has 0 N–H and O–H groups in total. The summed E-state index contributed by atoms with van der Waals surface area (Å²) in [5, 5.41) is 0. The Kier molecular flexibility index (Phi) is 2.72. The van der Waals surface area contributed by atoms with Crippen molar-refractivity contribution in [3.8, 4) is 0 Å². The molecule has 3 heteroatoms. The predicted molar refractivity (Wildman–Crippen MR) is 55.2 cm³/mol. The summed E-state index contributed by atoms with van der Waals surface area (Å²) in [6.07, 6.45) is 6.35. The number of hydrogen-bond acceptors (Lipinski definition) is 2. The van der Waals surface area contributed by atoms with Crippen LogP contribution in [0, 0.1) is 0 Å². The number of allylic oxidation sites excluding steroid dienone is 1. The molecular formula is C9H13IO2. The molecule has 68 valence electrons. The maximum atomic E-state index is 5.68. The average Bonchev–Trinajstić information content (AvgIpc) is 2.13. The number of halogens is 1. The lowest BCUT2D eigenvalue weighted by molar-refractivity contribution is -0.269. The van der Waals surface area contributed by atoms with Crippen LogP contribution in [0.15, 0.2) is 9.66 Å². The van der Waals surface area contributed by atoms with Gasteiger partial charge in [-0.05, 0) is 39.0 Å². The number of hydrogen-bond donors (Lipinski definition) is 0. The lowest BCUT2D eigenvalue weighted by Crippen LogP contribution is -2.41. The molecule has 0 amide bonds. The van der Waals surface area contributed by atoms with Crippen LogP contribution in [-0.4, -0.2) is 19.0 Å². The zero-order chi connectivity index (χ0) is 8.44. The van der Waals surface area contributed by atoms with Gasteiger partial charge in [-0.2, -0.15) is 0 Å². The van der Waals surface area contributed by atoms with Crippen molar-refractivity contribution in [2.45, 2.75) is 31.5 Å². The lowest BCUT2D eigenvalue weighted by atomic mass is 10.00. The van der Waals surface area contributed by atoms with Crippen LogP contribution in [0.1, 0.15) is 25.7 Å². The predicted octanol–water partition coefficient (Wildman–Crippen LogP) is 2.62. The van der Waals surface area contributed by atoms with E-state index in [1.165, 1.54) is 3.58 Å². The normalized spacial score (nSPS) is 28.6. The standard InChI is InChI=1S/C9H13IO2/c10-8-2-4-9(5-3-8)11-6-1-7-12-9/h2H,1,3-7H2. The second-order valence-electron chi connectivity index (χ2n) is 3.32. The van der Waals surface area contributed by atoms with Gasteiger partial charge in [0.15, 0.2) is 5.79 Å². The van der Waals surface area contributed by atoms with Crippen molar-refractivity contribution in [3.05, 3.63) is 9.66 Å². The van der Waals surface area contributed by atoms with Gasteiger partial charge >= 0.3 is 0 Å². The van der Waals surface area contributed by atoms with E-state index in [4.69, 9.17) is 9.47 Å². The highest BCUT2D eigenvalue weighted by Crippen LogP contribution is 2.36. The summed E-state index contributed by atoms with van der Waals surface area (Å²) in [5.74, 6) is -0.243.